The van der Waals surface area contributed by atoms with Crippen molar-refractivity contribution >= 4 is 21.6 Å². The SMILES string of the molecule is Fc1ccc2nc([C@H]3CCCO3)sc2c1. The second-order valence-electron chi connectivity index (χ2n) is 3.67. The summed E-state index contributed by atoms with van der Waals surface area (Å²) in [5, 5.41) is 0.980. The highest BCUT2D eigenvalue weighted by Gasteiger charge is 2.21. The Labute approximate surface area is 90.7 Å². The van der Waals surface area contributed by atoms with E-state index in [2.05, 4.69) is 4.98 Å². The number of hydrogen-bond acceptors (Lipinski definition) is 3. The van der Waals surface area contributed by atoms with Crippen LogP contribution in [-0.4, -0.2) is 11.6 Å². The van der Waals surface area contributed by atoms with E-state index in [0.717, 1.165) is 34.7 Å². The first-order valence-corrected chi connectivity index (χ1v) is 5.82. The Hall–Kier alpha value is -1.00. The highest BCUT2D eigenvalue weighted by molar-refractivity contribution is 7.18. The van der Waals surface area contributed by atoms with E-state index in [4.69, 9.17) is 4.74 Å². The summed E-state index contributed by atoms with van der Waals surface area (Å²) < 4.78 is 19.4. The highest BCUT2D eigenvalue weighted by atomic mass is 32.1. The van der Waals surface area contributed by atoms with Gasteiger partial charge >= 0.3 is 0 Å². The fourth-order valence-electron chi connectivity index (χ4n) is 1.83. The molecule has 0 amide bonds. The molecule has 0 radical (unpaired) electrons. The van der Waals surface area contributed by atoms with Crippen molar-refractivity contribution in [1.29, 1.82) is 0 Å². The van der Waals surface area contributed by atoms with Crippen molar-refractivity contribution in [1.82, 2.24) is 4.98 Å². The average molecular weight is 223 g/mol. The smallest absolute Gasteiger partial charge is 0.124 e. The van der Waals surface area contributed by atoms with E-state index in [-0.39, 0.29) is 11.9 Å². The van der Waals surface area contributed by atoms with Gasteiger partial charge in [-0.2, -0.15) is 0 Å². The summed E-state index contributed by atoms with van der Waals surface area (Å²) >= 11 is 1.53. The summed E-state index contributed by atoms with van der Waals surface area (Å²) in [4.78, 5) is 4.46. The molecule has 4 heteroatoms. The van der Waals surface area contributed by atoms with Crippen LogP contribution in [0.4, 0.5) is 4.39 Å². The third-order valence-electron chi connectivity index (χ3n) is 2.57. The average Bonchev–Trinajstić information content (AvgIpc) is 2.84. The standard InChI is InChI=1S/C11H10FNOS/c12-7-3-4-8-10(6-7)15-11(13-8)9-2-1-5-14-9/h3-4,6,9H,1-2,5H2/t9-/m1/s1. The second kappa shape index (κ2) is 3.54. The Morgan fingerprint density at radius 2 is 2.40 bits per heavy atom. The van der Waals surface area contributed by atoms with Gasteiger partial charge in [0.1, 0.15) is 16.9 Å². The zero-order chi connectivity index (χ0) is 10.3. The van der Waals surface area contributed by atoms with Gasteiger partial charge in [0.15, 0.2) is 0 Å². The van der Waals surface area contributed by atoms with Crippen molar-refractivity contribution in [3.05, 3.63) is 29.0 Å². The largest absolute Gasteiger partial charge is 0.371 e. The van der Waals surface area contributed by atoms with E-state index in [1.807, 2.05) is 0 Å². The zero-order valence-electron chi connectivity index (χ0n) is 8.07. The molecule has 0 aliphatic carbocycles. The molecule has 1 atom stereocenters. The fourth-order valence-corrected chi connectivity index (χ4v) is 2.90. The molecule has 2 nitrogen and oxygen atoms in total. The van der Waals surface area contributed by atoms with Crippen molar-refractivity contribution in [2.45, 2.75) is 18.9 Å². The molecular weight excluding hydrogens is 213 g/mol. The minimum Gasteiger partial charge on any atom is -0.371 e. The van der Waals surface area contributed by atoms with Crippen molar-refractivity contribution < 1.29 is 9.13 Å². The van der Waals surface area contributed by atoms with Gasteiger partial charge in [-0.25, -0.2) is 9.37 Å². The Kier molecular flexibility index (Phi) is 2.18. The van der Waals surface area contributed by atoms with E-state index >= 15 is 0 Å². The van der Waals surface area contributed by atoms with Crippen LogP contribution in [0.1, 0.15) is 24.0 Å². The molecule has 0 N–H and O–H groups in total. The summed E-state index contributed by atoms with van der Waals surface area (Å²) in [7, 11) is 0. The van der Waals surface area contributed by atoms with Crippen LogP contribution in [0.25, 0.3) is 10.2 Å². The van der Waals surface area contributed by atoms with E-state index in [0.29, 0.717) is 0 Å². The maximum Gasteiger partial charge on any atom is 0.124 e. The molecule has 0 spiro atoms. The van der Waals surface area contributed by atoms with Crippen LogP contribution in [0.3, 0.4) is 0 Å². The van der Waals surface area contributed by atoms with Crippen LogP contribution in [0.15, 0.2) is 18.2 Å². The minimum atomic E-state index is -0.204. The third kappa shape index (κ3) is 1.64. The molecule has 2 heterocycles. The number of benzene rings is 1. The lowest BCUT2D eigenvalue weighted by Gasteiger charge is -2.02. The van der Waals surface area contributed by atoms with E-state index in [1.165, 1.54) is 23.5 Å². The number of rotatable bonds is 1. The number of nitrogens with zero attached hydrogens (tertiary/aromatic N) is 1. The molecule has 2 aromatic rings. The number of ether oxygens (including phenoxy) is 1. The summed E-state index contributed by atoms with van der Waals surface area (Å²) in [6.07, 6.45) is 2.25. The molecule has 78 valence electrons. The van der Waals surface area contributed by atoms with Crippen molar-refractivity contribution in [2.24, 2.45) is 0 Å². The minimum absolute atomic E-state index is 0.130. The maximum absolute atomic E-state index is 13.0. The summed E-state index contributed by atoms with van der Waals surface area (Å²) in [6.45, 7) is 0.814. The van der Waals surface area contributed by atoms with Crippen molar-refractivity contribution in [3.63, 3.8) is 0 Å². The van der Waals surface area contributed by atoms with Crippen LogP contribution in [0, 0.1) is 5.82 Å². The molecule has 1 aromatic heterocycles. The summed E-state index contributed by atoms with van der Waals surface area (Å²) in [5.74, 6) is -0.204. The van der Waals surface area contributed by atoms with Crippen LogP contribution in [0.2, 0.25) is 0 Å². The maximum atomic E-state index is 13.0. The number of hydrogen-bond donors (Lipinski definition) is 0. The molecule has 0 unspecified atom stereocenters. The molecule has 0 saturated carbocycles. The van der Waals surface area contributed by atoms with Gasteiger partial charge < -0.3 is 4.74 Å². The zero-order valence-corrected chi connectivity index (χ0v) is 8.89. The van der Waals surface area contributed by atoms with Gasteiger partial charge in [-0.15, -0.1) is 11.3 Å². The molecule has 1 aliphatic heterocycles. The van der Waals surface area contributed by atoms with Gasteiger partial charge in [-0.1, -0.05) is 0 Å². The van der Waals surface area contributed by atoms with E-state index in [9.17, 15) is 4.39 Å². The first-order valence-electron chi connectivity index (χ1n) is 5.00. The number of halogens is 1. The quantitative estimate of drug-likeness (QED) is 0.740. The Bertz CT molecular complexity index is 490. The van der Waals surface area contributed by atoms with Gasteiger partial charge in [0.25, 0.3) is 0 Å². The first-order chi connectivity index (χ1) is 7.33. The molecule has 1 fully saturated rings. The molecule has 3 rings (SSSR count). The first kappa shape index (κ1) is 9.24. The normalized spacial score (nSPS) is 21.3. The Balaban J connectivity index is 2.05. The molecular formula is C11H10FNOS. The van der Waals surface area contributed by atoms with Crippen LogP contribution >= 0.6 is 11.3 Å². The van der Waals surface area contributed by atoms with Gasteiger partial charge in [0, 0.05) is 6.61 Å². The van der Waals surface area contributed by atoms with Gasteiger partial charge in [0.2, 0.25) is 0 Å². The van der Waals surface area contributed by atoms with Gasteiger partial charge in [0.05, 0.1) is 10.2 Å². The second-order valence-corrected chi connectivity index (χ2v) is 4.73. The lowest BCUT2D eigenvalue weighted by atomic mass is 10.2. The van der Waals surface area contributed by atoms with Crippen LogP contribution in [0.5, 0.6) is 0 Å². The lowest BCUT2D eigenvalue weighted by Crippen LogP contribution is -1.93. The topological polar surface area (TPSA) is 22.1 Å². The van der Waals surface area contributed by atoms with Gasteiger partial charge in [-0.05, 0) is 31.0 Å². The molecule has 15 heavy (non-hydrogen) atoms. The number of thiazole rings is 1. The van der Waals surface area contributed by atoms with Gasteiger partial charge in [-0.3, -0.25) is 0 Å². The number of fused-ring (bicyclic) bond motifs is 1. The summed E-state index contributed by atoms with van der Waals surface area (Å²) in [6, 6.07) is 4.70. The predicted molar refractivity (Wildman–Crippen MR) is 57.5 cm³/mol. The molecule has 1 aliphatic rings. The number of aromatic nitrogens is 1. The van der Waals surface area contributed by atoms with Crippen LogP contribution < -0.4 is 0 Å². The molecule has 1 saturated heterocycles. The lowest BCUT2D eigenvalue weighted by molar-refractivity contribution is 0.112. The monoisotopic (exact) mass is 223 g/mol. The Morgan fingerprint density at radius 1 is 1.47 bits per heavy atom. The fraction of sp³-hybridized carbons (Fsp3) is 0.364. The summed E-state index contributed by atoms with van der Waals surface area (Å²) in [5.41, 5.74) is 0.868. The van der Waals surface area contributed by atoms with Crippen LogP contribution in [-0.2, 0) is 4.74 Å². The highest BCUT2D eigenvalue weighted by Crippen LogP contribution is 2.34. The van der Waals surface area contributed by atoms with E-state index in [1.54, 1.807) is 6.07 Å². The van der Waals surface area contributed by atoms with Crippen molar-refractivity contribution in [3.8, 4) is 0 Å². The van der Waals surface area contributed by atoms with E-state index < -0.39 is 0 Å². The predicted octanol–water partition coefficient (Wildman–Crippen LogP) is 3.29. The molecule has 0 bridgehead atoms. The Morgan fingerprint density at radius 3 is 3.20 bits per heavy atom. The molecule has 1 aromatic carbocycles. The van der Waals surface area contributed by atoms with Crippen molar-refractivity contribution in [2.75, 3.05) is 6.61 Å². The third-order valence-corrected chi connectivity index (χ3v) is 3.68.